The standard InChI is InChI=1S/C11H17N3O3/c1-2-3-4-10(15)12-5-6-14-7-9(11(16)17)13-8-14/h7-8H,2-6H2,1H3,(H,12,15)(H,16,17). The fourth-order valence-corrected chi connectivity index (χ4v) is 1.34. The Hall–Kier alpha value is -1.85. The van der Waals surface area contributed by atoms with Crippen LogP contribution in [-0.4, -0.2) is 33.1 Å². The van der Waals surface area contributed by atoms with Crippen LogP contribution >= 0.6 is 0 Å². The van der Waals surface area contributed by atoms with E-state index in [1.807, 2.05) is 6.92 Å². The quantitative estimate of drug-likeness (QED) is 0.740. The van der Waals surface area contributed by atoms with E-state index >= 15 is 0 Å². The molecule has 0 bridgehead atoms. The molecule has 1 rings (SSSR count). The number of carboxylic acids is 1. The first-order valence-corrected chi connectivity index (χ1v) is 5.65. The van der Waals surface area contributed by atoms with Crippen LogP contribution in [0.15, 0.2) is 12.5 Å². The van der Waals surface area contributed by atoms with Gasteiger partial charge in [0.2, 0.25) is 5.91 Å². The highest BCUT2D eigenvalue weighted by molar-refractivity contribution is 5.84. The third-order valence-electron chi connectivity index (χ3n) is 2.30. The topological polar surface area (TPSA) is 84.2 Å². The Morgan fingerprint density at radius 2 is 2.29 bits per heavy atom. The van der Waals surface area contributed by atoms with Gasteiger partial charge in [-0.25, -0.2) is 9.78 Å². The molecule has 1 aromatic heterocycles. The van der Waals surface area contributed by atoms with Crippen molar-refractivity contribution < 1.29 is 14.7 Å². The Balaban J connectivity index is 2.26. The summed E-state index contributed by atoms with van der Waals surface area (Å²) in [4.78, 5) is 25.6. The molecule has 0 unspecified atom stereocenters. The SMILES string of the molecule is CCCCC(=O)NCCn1cnc(C(=O)O)c1. The highest BCUT2D eigenvalue weighted by Crippen LogP contribution is 1.96. The van der Waals surface area contributed by atoms with Gasteiger partial charge in [-0.2, -0.15) is 0 Å². The molecule has 0 fully saturated rings. The van der Waals surface area contributed by atoms with Gasteiger partial charge in [-0.3, -0.25) is 4.79 Å². The van der Waals surface area contributed by atoms with Crippen LogP contribution in [0.3, 0.4) is 0 Å². The lowest BCUT2D eigenvalue weighted by molar-refractivity contribution is -0.121. The predicted molar refractivity (Wildman–Crippen MR) is 61.7 cm³/mol. The van der Waals surface area contributed by atoms with E-state index in [9.17, 15) is 9.59 Å². The zero-order valence-electron chi connectivity index (χ0n) is 9.85. The molecule has 1 heterocycles. The molecule has 2 N–H and O–H groups in total. The summed E-state index contributed by atoms with van der Waals surface area (Å²) in [5, 5.41) is 11.4. The van der Waals surface area contributed by atoms with Gasteiger partial charge in [0.05, 0.1) is 6.33 Å². The number of imidazole rings is 1. The Bertz CT molecular complexity index is 387. The predicted octanol–water partition coefficient (Wildman–Crippen LogP) is 0.888. The fourth-order valence-electron chi connectivity index (χ4n) is 1.34. The first-order valence-electron chi connectivity index (χ1n) is 5.65. The van der Waals surface area contributed by atoms with E-state index in [0.29, 0.717) is 19.5 Å². The fraction of sp³-hybridized carbons (Fsp3) is 0.545. The molecule has 6 nitrogen and oxygen atoms in total. The molecule has 0 radical (unpaired) electrons. The van der Waals surface area contributed by atoms with E-state index < -0.39 is 5.97 Å². The summed E-state index contributed by atoms with van der Waals surface area (Å²) < 4.78 is 1.64. The number of aromatic carboxylic acids is 1. The van der Waals surface area contributed by atoms with Gasteiger partial charge >= 0.3 is 5.97 Å². The lowest BCUT2D eigenvalue weighted by atomic mass is 10.2. The van der Waals surface area contributed by atoms with E-state index in [0.717, 1.165) is 12.8 Å². The maximum absolute atomic E-state index is 11.3. The number of carbonyl (C=O) groups excluding carboxylic acids is 1. The number of hydrogen-bond donors (Lipinski definition) is 2. The van der Waals surface area contributed by atoms with E-state index in [4.69, 9.17) is 5.11 Å². The van der Waals surface area contributed by atoms with Crippen LogP contribution in [0.2, 0.25) is 0 Å². The van der Waals surface area contributed by atoms with E-state index in [-0.39, 0.29) is 11.6 Å². The number of nitrogens with one attached hydrogen (secondary N) is 1. The maximum atomic E-state index is 11.3. The Morgan fingerprint density at radius 1 is 1.53 bits per heavy atom. The van der Waals surface area contributed by atoms with E-state index in [1.54, 1.807) is 4.57 Å². The van der Waals surface area contributed by atoms with Gasteiger partial charge in [-0.05, 0) is 6.42 Å². The van der Waals surface area contributed by atoms with E-state index in [2.05, 4.69) is 10.3 Å². The average molecular weight is 239 g/mol. The number of hydrogen-bond acceptors (Lipinski definition) is 3. The smallest absolute Gasteiger partial charge is 0.356 e. The highest BCUT2D eigenvalue weighted by Gasteiger charge is 2.06. The first kappa shape index (κ1) is 13.2. The molecule has 94 valence electrons. The van der Waals surface area contributed by atoms with Gasteiger partial charge in [0.1, 0.15) is 0 Å². The number of carbonyl (C=O) groups is 2. The molecular formula is C11H17N3O3. The van der Waals surface area contributed by atoms with Crippen molar-refractivity contribution in [2.45, 2.75) is 32.7 Å². The van der Waals surface area contributed by atoms with Crippen LogP contribution in [-0.2, 0) is 11.3 Å². The first-order chi connectivity index (χ1) is 8.13. The lowest BCUT2D eigenvalue weighted by Crippen LogP contribution is -2.26. The number of nitrogens with zero attached hydrogens (tertiary/aromatic N) is 2. The molecule has 0 saturated carbocycles. The minimum atomic E-state index is -1.05. The largest absolute Gasteiger partial charge is 0.476 e. The van der Waals surface area contributed by atoms with Crippen LogP contribution in [0.4, 0.5) is 0 Å². The molecular weight excluding hydrogens is 222 g/mol. The number of rotatable bonds is 7. The zero-order valence-corrected chi connectivity index (χ0v) is 9.85. The molecule has 0 saturated heterocycles. The lowest BCUT2D eigenvalue weighted by Gasteiger charge is -2.04. The summed E-state index contributed by atoms with van der Waals surface area (Å²) in [6.07, 6.45) is 5.32. The minimum Gasteiger partial charge on any atom is -0.476 e. The van der Waals surface area contributed by atoms with Crippen molar-refractivity contribution in [3.63, 3.8) is 0 Å². The van der Waals surface area contributed by atoms with Crippen LogP contribution < -0.4 is 5.32 Å². The summed E-state index contributed by atoms with van der Waals surface area (Å²) in [6.45, 7) is 3.04. The summed E-state index contributed by atoms with van der Waals surface area (Å²) in [5.74, 6) is -1.01. The second kappa shape index (κ2) is 6.67. The van der Waals surface area contributed by atoms with Gasteiger partial charge in [0, 0.05) is 25.7 Å². The van der Waals surface area contributed by atoms with Gasteiger partial charge in [0.15, 0.2) is 5.69 Å². The monoisotopic (exact) mass is 239 g/mol. The third kappa shape index (κ3) is 4.67. The molecule has 0 atom stereocenters. The third-order valence-corrected chi connectivity index (χ3v) is 2.30. The van der Waals surface area contributed by atoms with Crippen molar-refractivity contribution in [2.75, 3.05) is 6.54 Å². The maximum Gasteiger partial charge on any atom is 0.356 e. The number of carboxylic acid groups (broad SMARTS) is 1. The molecule has 0 aromatic carbocycles. The van der Waals surface area contributed by atoms with Crippen molar-refractivity contribution in [1.29, 1.82) is 0 Å². The molecule has 1 aromatic rings. The normalized spacial score (nSPS) is 10.2. The van der Waals surface area contributed by atoms with Crippen LogP contribution in [0.1, 0.15) is 36.7 Å². The summed E-state index contributed by atoms with van der Waals surface area (Å²) in [6, 6.07) is 0. The summed E-state index contributed by atoms with van der Waals surface area (Å²) in [5.41, 5.74) is 0.0160. The molecule has 1 amide bonds. The van der Waals surface area contributed by atoms with Gasteiger partial charge in [-0.15, -0.1) is 0 Å². The van der Waals surface area contributed by atoms with Crippen molar-refractivity contribution in [3.8, 4) is 0 Å². The molecule has 6 heteroatoms. The van der Waals surface area contributed by atoms with Gasteiger partial charge in [-0.1, -0.05) is 13.3 Å². The Labute approximate surface area is 99.7 Å². The van der Waals surface area contributed by atoms with E-state index in [1.165, 1.54) is 12.5 Å². The number of unbranched alkanes of at least 4 members (excludes halogenated alkanes) is 1. The Kier molecular flexibility index (Phi) is 5.19. The molecule has 0 aliphatic carbocycles. The van der Waals surface area contributed by atoms with Crippen molar-refractivity contribution >= 4 is 11.9 Å². The second-order valence-corrected chi connectivity index (χ2v) is 3.76. The van der Waals surface area contributed by atoms with Crippen LogP contribution in [0, 0.1) is 0 Å². The number of aromatic nitrogens is 2. The van der Waals surface area contributed by atoms with Crippen molar-refractivity contribution in [3.05, 3.63) is 18.2 Å². The average Bonchev–Trinajstić information content (AvgIpc) is 2.75. The highest BCUT2D eigenvalue weighted by atomic mass is 16.4. The van der Waals surface area contributed by atoms with Crippen molar-refractivity contribution in [1.82, 2.24) is 14.9 Å². The van der Waals surface area contributed by atoms with Crippen LogP contribution in [0.25, 0.3) is 0 Å². The Morgan fingerprint density at radius 3 is 2.88 bits per heavy atom. The van der Waals surface area contributed by atoms with Gasteiger partial charge in [0.25, 0.3) is 0 Å². The molecule has 0 aliphatic rings. The second-order valence-electron chi connectivity index (χ2n) is 3.76. The summed E-state index contributed by atoms with van der Waals surface area (Å²) in [7, 11) is 0. The van der Waals surface area contributed by atoms with Crippen molar-refractivity contribution in [2.24, 2.45) is 0 Å². The zero-order chi connectivity index (χ0) is 12.7. The molecule has 0 spiro atoms. The van der Waals surface area contributed by atoms with Gasteiger partial charge < -0.3 is 15.0 Å². The minimum absolute atomic E-state index is 0.0160. The van der Waals surface area contributed by atoms with Crippen LogP contribution in [0.5, 0.6) is 0 Å². The summed E-state index contributed by atoms with van der Waals surface area (Å²) >= 11 is 0. The molecule has 0 aliphatic heterocycles. The number of amides is 1. The molecule has 17 heavy (non-hydrogen) atoms.